The van der Waals surface area contributed by atoms with Crippen LogP contribution in [0.1, 0.15) is 31.2 Å². The Kier molecular flexibility index (Phi) is 5.84. The van der Waals surface area contributed by atoms with Crippen molar-refractivity contribution >= 4 is 11.9 Å². The molecule has 0 aliphatic rings. The van der Waals surface area contributed by atoms with Gasteiger partial charge in [-0.3, -0.25) is 14.6 Å². The minimum Gasteiger partial charge on any atom is -0.481 e. The van der Waals surface area contributed by atoms with Crippen LogP contribution in [-0.2, 0) is 16.1 Å². The molecule has 1 heterocycles. The Morgan fingerprint density at radius 1 is 1.33 bits per heavy atom. The van der Waals surface area contributed by atoms with Crippen molar-refractivity contribution in [2.24, 2.45) is 0 Å². The molecular formula is C13H18N2O3. The molecule has 1 N–H and O–H groups in total. The highest BCUT2D eigenvalue weighted by molar-refractivity contribution is 5.75. The number of amides is 1. The fourth-order valence-electron chi connectivity index (χ4n) is 1.60. The number of carboxylic acid groups (broad SMARTS) is 1. The molecule has 98 valence electrons. The van der Waals surface area contributed by atoms with Gasteiger partial charge in [0.1, 0.15) is 0 Å². The van der Waals surface area contributed by atoms with Crippen LogP contribution in [0.15, 0.2) is 24.5 Å². The van der Waals surface area contributed by atoms with Crippen molar-refractivity contribution in [3.63, 3.8) is 0 Å². The SMILES string of the molecule is CN(Cc1cccnc1)C(=O)CCCCC(=O)O. The van der Waals surface area contributed by atoms with Crippen LogP contribution in [0.3, 0.4) is 0 Å². The molecule has 0 aliphatic heterocycles. The summed E-state index contributed by atoms with van der Waals surface area (Å²) in [6, 6.07) is 3.75. The van der Waals surface area contributed by atoms with Crippen molar-refractivity contribution in [2.45, 2.75) is 32.2 Å². The predicted octanol–water partition coefficient (Wildman–Crippen LogP) is 1.69. The third kappa shape index (κ3) is 5.43. The summed E-state index contributed by atoms with van der Waals surface area (Å²) in [6.07, 6.45) is 5.10. The number of aromatic nitrogens is 1. The molecule has 0 saturated heterocycles. The Balaban J connectivity index is 2.27. The zero-order chi connectivity index (χ0) is 13.4. The minimum atomic E-state index is -0.814. The molecule has 1 aromatic rings. The molecule has 0 saturated carbocycles. The highest BCUT2D eigenvalue weighted by Gasteiger charge is 2.09. The Morgan fingerprint density at radius 3 is 2.67 bits per heavy atom. The van der Waals surface area contributed by atoms with Crippen LogP contribution in [0.5, 0.6) is 0 Å². The molecule has 0 bridgehead atoms. The molecule has 18 heavy (non-hydrogen) atoms. The lowest BCUT2D eigenvalue weighted by molar-refractivity contribution is -0.137. The lowest BCUT2D eigenvalue weighted by Crippen LogP contribution is -2.25. The zero-order valence-corrected chi connectivity index (χ0v) is 10.5. The van der Waals surface area contributed by atoms with Crippen molar-refractivity contribution in [1.82, 2.24) is 9.88 Å². The smallest absolute Gasteiger partial charge is 0.303 e. The molecular weight excluding hydrogens is 232 g/mol. The van der Waals surface area contributed by atoms with Crippen LogP contribution in [-0.4, -0.2) is 33.9 Å². The number of rotatable bonds is 7. The summed E-state index contributed by atoms with van der Waals surface area (Å²) in [5, 5.41) is 8.48. The quantitative estimate of drug-likeness (QED) is 0.747. The van der Waals surface area contributed by atoms with Crippen LogP contribution >= 0.6 is 0 Å². The number of hydrogen-bond acceptors (Lipinski definition) is 3. The van der Waals surface area contributed by atoms with Gasteiger partial charge < -0.3 is 10.0 Å². The fraction of sp³-hybridized carbons (Fsp3) is 0.462. The summed E-state index contributed by atoms with van der Waals surface area (Å²) in [5.41, 5.74) is 0.985. The summed E-state index contributed by atoms with van der Waals surface area (Å²) in [7, 11) is 1.74. The Hall–Kier alpha value is -1.91. The first-order chi connectivity index (χ1) is 8.59. The van der Waals surface area contributed by atoms with Crippen molar-refractivity contribution in [1.29, 1.82) is 0 Å². The third-order valence-corrected chi connectivity index (χ3v) is 2.60. The van der Waals surface area contributed by atoms with E-state index in [0.717, 1.165) is 5.56 Å². The van der Waals surface area contributed by atoms with Gasteiger partial charge in [-0.25, -0.2) is 0 Å². The number of aliphatic carboxylic acids is 1. The molecule has 1 amide bonds. The number of nitrogens with zero attached hydrogens (tertiary/aromatic N) is 2. The maximum atomic E-state index is 11.8. The summed E-state index contributed by atoms with van der Waals surface area (Å²) in [4.78, 5) is 27.7. The molecule has 0 unspecified atom stereocenters. The normalized spacial score (nSPS) is 10.1. The van der Waals surface area contributed by atoms with E-state index >= 15 is 0 Å². The molecule has 1 aromatic heterocycles. The van der Waals surface area contributed by atoms with Crippen molar-refractivity contribution in [3.05, 3.63) is 30.1 Å². The third-order valence-electron chi connectivity index (χ3n) is 2.60. The molecule has 0 atom stereocenters. The summed E-state index contributed by atoms with van der Waals surface area (Å²) in [6.45, 7) is 0.533. The van der Waals surface area contributed by atoms with Gasteiger partial charge in [0.15, 0.2) is 0 Å². The Bertz CT molecular complexity index is 392. The van der Waals surface area contributed by atoms with E-state index < -0.39 is 5.97 Å². The van der Waals surface area contributed by atoms with E-state index in [2.05, 4.69) is 4.98 Å². The number of hydrogen-bond donors (Lipinski definition) is 1. The lowest BCUT2D eigenvalue weighted by Gasteiger charge is -2.16. The van der Waals surface area contributed by atoms with E-state index in [1.165, 1.54) is 0 Å². The molecule has 5 heteroatoms. The average molecular weight is 250 g/mol. The van der Waals surface area contributed by atoms with Crippen molar-refractivity contribution in [3.8, 4) is 0 Å². The molecule has 0 spiro atoms. The highest BCUT2D eigenvalue weighted by atomic mass is 16.4. The van der Waals surface area contributed by atoms with E-state index in [9.17, 15) is 9.59 Å². The van der Waals surface area contributed by atoms with Gasteiger partial charge in [0, 0.05) is 38.8 Å². The Labute approximate surface area is 106 Å². The number of carbonyl (C=O) groups is 2. The van der Waals surface area contributed by atoms with Gasteiger partial charge in [0.25, 0.3) is 0 Å². The summed E-state index contributed by atoms with van der Waals surface area (Å²) in [5.74, 6) is -0.782. The second-order valence-electron chi connectivity index (χ2n) is 4.21. The minimum absolute atomic E-state index is 0.0317. The second-order valence-corrected chi connectivity index (χ2v) is 4.21. The topological polar surface area (TPSA) is 70.5 Å². The molecule has 0 aliphatic carbocycles. The van der Waals surface area contributed by atoms with E-state index in [-0.39, 0.29) is 12.3 Å². The van der Waals surface area contributed by atoms with Gasteiger partial charge in [-0.1, -0.05) is 6.07 Å². The number of carboxylic acids is 1. The maximum Gasteiger partial charge on any atom is 0.303 e. The summed E-state index contributed by atoms with van der Waals surface area (Å²) < 4.78 is 0. The van der Waals surface area contributed by atoms with E-state index in [1.807, 2.05) is 12.1 Å². The number of carbonyl (C=O) groups excluding carboxylic acids is 1. The first-order valence-corrected chi connectivity index (χ1v) is 5.94. The fourth-order valence-corrected chi connectivity index (χ4v) is 1.60. The summed E-state index contributed by atoms with van der Waals surface area (Å²) >= 11 is 0. The van der Waals surface area contributed by atoms with Gasteiger partial charge >= 0.3 is 5.97 Å². The number of pyridine rings is 1. The van der Waals surface area contributed by atoms with E-state index in [0.29, 0.717) is 25.8 Å². The van der Waals surface area contributed by atoms with Gasteiger partial charge in [-0.15, -0.1) is 0 Å². The first kappa shape index (κ1) is 14.2. The average Bonchev–Trinajstić information content (AvgIpc) is 2.35. The van der Waals surface area contributed by atoms with Gasteiger partial charge in [0.2, 0.25) is 5.91 Å². The van der Waals surface area contributed by atoms with Crippen LogP contribution in [0, 0.1) is 0 Å². The van der Waals surface area contributed by atoms with Crippen molar-refractivity contribution < 1.29 is 14.7 Å². The van der Waals surface area contributed by atoms with E-state index in [1.54, 1.807) is 24.3 Å². The monoisotopic (exact) mass is 250 g/mol. The van der Waals surface area contributed by atoms with Crippen LogP contribution in [0.4, 0.5) is 0 Å². The molecule has 0 radical (unpaired) electrons. The van der Waals surface area contributed by atoms with E-state index in [4.69, 9.17) is 5.11 Å². The Morgan fingerprint density at radius 2 is 2.06 bits per heavy atom. The van der Waals surface area contributed by atoms with Crippen LogP contribution in [0.2, 0.25) is 0 Å². The molecule has 0 aromatic carbocycles. The van der Waals surface area contributed by atoms with Crippen LogP contribution < -0.4 is 0 Å². The largest absolute Gasteiger partial charge is 0.481 e. The van der Waals surface area contributed by atoms with Gasteiger partial charge in [-0.2, -0.15) is 0 Å². The molecule has 0 fully saturated rings. The zero-order valence-electron chi connectivity index (χ0n) is 10.5. The first-order valence-electron chi connectivity index (χ1n) is 5.94. The number of unbranched alkanes of at least 4 members (excludes halogenated alkanes) is 1. The lowest BCUT2D eigenvalue weighted by atomic mass is 10.1. The van der Waals surface area contributed by atoms with Gasteiger partial charge in [0.05, 0.1) is 0 Å². The highest BCUT2D eigenvalue weighted by Crippen LogP contribution is 2.06. The second kappa shape index (κ2) is 7.42. The molecule has 5 nitrogen and oxygen atoms in total. The predicted molar refractivity (Wildman–Crippen MR) is 66.8 cm³/mol. The van der Waals surface area contributed by atoms with Crippen molar-refractivity contribution in [2.75, 3.05) is 7.05 Å². The molecule has 1 rings (SSSR count). The van der Waals surface area contributed by atoms with Crippen LogP contribution in [0.25, 0.3) is 0 Å². The van der Waals surface area contributed by atoms with Gasteiger partial charge in [-0.05, 0) is 24.5 Å². The standard InChI is InChI=1S/C13H18N2O3/c1-15(10-11-5-4-8-14-9-11)12(16)6-2-3-7-13(17)18/h4-5,8-9H,2-3,6-7,10H2,1H3,(H,17,18). The maximum absolute atomic E-state index is 11.8.